The van der Waals surface area contributed by atoms with Crippen molar-refractivity contribution >= 4 is 5.91 Å². The molecule has 0 radical (unpaired) electrons. The second-order valence-corrected chi connectivity index (χ2v) is 6.36. The number of nitrogens with zero attached hydrogens (tertiary/aromatic N) is 1. The van der Waals surface area contributed by atoms with Gasteiger partial charge in [-0.2, -0.15) is 0 Å². The molecule has 2 fully saturated rings. The number of rotatable bonds is 5. The Kier molecular flexibility index (Phi) is 5.51. The van der Waals surface area contributed by atoms with Crippen LogP contribution in [0, 0.1) is 5.92 Å². The molecule has 2 aliphatic rings. The Labute approximate surface area is 132 Å². The summed E-state index contributed by atoms with van der Waals surface area (Å²) in [5, 5.41) is 3.08. The first-order chi connectivity index (χ1) is 10.8. The molecule has 1 unspecified atom stereocenters. The fourth-order valence-corrected chi connectivity index (χ4v) is 3.30. The Balaban J connectivity index is 1.36. The van der Waals surface area contributed by atoms with Gasteiger partial charge in [-0.15, -0.1) is 0 Å². The summed E-state index contributed by atoms with van der Waals surface area (Å²) in [6.07, 6.45) is 7.22. The summed E-state index contributed by atoms with van der Waals surface area (Å²) in [7, 11) is 0. The van der Waals surface area contributed by atoms with Crippen molar-refractivity contribution in [3.05, 3.63) is 24.2 Å². The topological polar surface area (TPSA) is 54.7 Å². The molecule has 2 aliphatic heterocycles. The number of carbonyl (C=O) groups excluding carboxylic acids is 1. The van der Waals surface area contributed by atoms with Crippen molar-refractivity contribution in [3.63, 3.8) is 0 Å². The van der Waals surface area contributed by atoms with E-state index in [4.69, 9.17) is 9.15 Å². The first-order valence-electron chi connectivity index (χ1n) is 8.45. The van der Waals surface area contributed by atoms with Gasteiger partial charge in [-0.05, 0) is 57.3 Å². The fraction of sp³-hybridized carbons (Fsp3) is 0.706. The summed E-state index contributed by atoms with van der Waals surface area (Å²) in [6.45, 7) is 4.27. The number of amides is 1. The van der Waals surface area contributed by atoms with Crippen molar-refractivity contribution in [2.24, 2.45) is 5.92 Å². The van der Waals surface area contributed by atoms with Gasteiger partial charge in [0.15, 0.2) is 0 Å². The molecule has 1 aromatic heterocycles. The molecule has 1 aromatic rings. The zero-order valence-corrected chi connectivity index (χ0v) is 13.1. The summed E-state index contributed by atoms with van der Waals surface area (Å²) in [5.74, 6) is 1.35. The van der Waals surface area contributed by atoms with E-state index in [0.29, 0.717) is 6.54 Å². The highest BCUT2D eigenvalue weighted by atomic mass is 16.5. The van der Waals surface area contributed by atoms with Crippen molar-refractivity contribution in [1.29, 1.82) is 0 Å². The molecule has 2 saturated heterocycles. The Morgan fingerprint density at radius 2 is 2.14 bits per heavy atom. The molecule has 0 saturated carbocycles. The second-order valence-electron chi connectivity index (χ2n) is 6.36. The third-order valence-electron chi connectivity index (χ3n) is 4.70. The lowest BCUT2D eigenvalue weighted by Crippen LogP contribution is -2.43. The predicted octanol–water partition coefficient (Wildman–Crippen LogP) is 2.18. The van der Waals surface area contributed by atoms with Crippen molar-refractivity contribution in [3.8, 4) is 0 Å². The Bertz CT molecular complexity index is 446. The van der Waals surface area contributed by atoms with Gasteiger partial charge in [-0.25, -0.2) is 0 Å². The highest BCUT2D eigenvalue weighted by molar-refractivity contribution is 5.78. The maximum Gasteiger partial charge on any atom is 0.223 e. The van der Waals surface area contributed by atoms with Gasteiger partial charge in [0.2, 0.25) is 5.91 Å². The van der Waals surface area contributed by atoms with Gasteiger partial charge in [0.05, 0.1) is 18.9 Å². The zero-order valence-electron chi connectivity index (χ0n) is 13.1. The van der Waals surface area contributed by atoms with E-state index < -0.39 is 0 Å². The predicted molar refractivity (Wildman–Crippen MR) is 83.3 cm³/mol. The standard InChI is InChI=1S/C17H26N2O3/c20-17(18-12-15-4-1-2-10-21-15)14-6-8-19(9-7-14)13-16-5-3-11-22-16/h3,5,11,14-15H,1-2,4,6-10,12-13H2,(H,18,20). The minimum Gasteiger partial charge on any atom is -0.468 e. The smallest absolute Gasteiger partial charge is 0.223 e. The third kappa shape index (κ3) is 4.34. The average molecular weight is 306 g/mol. The molecular weight excluding hydrogens is 280 g/mol. The molecule has 5 heteroatoms. The Hall–Kier alpha value is -1.33. The fourth-order valence-electron chi connectivity index (χ4n) is 3.30. The first kappa shape index (κ1) is 15.6. The van der Waals surface area contributed by atoms with Crippen LogP contribution in [0.5, 0.6) is 0 Å². The highest BCUT2D eigenvalue weighted by Crippen LogP contribution is 2.19. The van der Waals surface area contributed by atoms with Gasteiger partial charge in [0.1, 0.15) is 5.76 Å². The van der Waals surface area contributed by atoms with Crippen LogP contribution in [0.25, 0.3) is 0 Å². The van der Waals surface area contributed by atoms with Crippen LogP contribution in [0.1, 0.15) is 37.9 Å². The van der Waals surface area contributed by atoms with Gasteiger partial charge < -0.3 is 14.5 Å². The quantitative estimate of drug-likeness (QED) is 0.906. The lowest BCUT2D eigenvalue weighted by atomic mass is 9.95. The number of ether oxygens (including phenoxy) is 1. The van der Waals surface area contributed by atoms with Crippen molar-refractivity contribution in [1.82, 2.24) is 10.2 Å². The molecule has 5 nitrogen and oxygen atoms in total. The van der Waals surface area contributed by atoms with Crippen LogP contribution in [0.15, 0.2) is 22.8 Å². The van der Waals surface area contributed by atoms with Crippen LogP contribution >= 0.6 is 0 Å². The molecule has 0 bridgehead atoms. The van der Waals surface area contributed by atoms with Crippen LogP contribution in [-0.2, 0) is 16.1 Å². The molecule has 1 atom stereocenters. The lowest BCUT2D eigenvalue weighted by Gasteiger charge is -2.31. The molecule has 122 valence electrons. The van der Waals surface area contributed by atoms with E-state index in [1.807, 2.05) is 12.1 Å². The number of piperidine rings is 1. The molecular formula is C17H26N2O3. The molecule has 0 aromatic carbocycles. The van der Waals surface area contributed by atoms with E-state index in [2.05, 4.69) is 10.2 Å². The largest absolute Gasteiger partial charge is 0.468 e. The maximum absolute atomic E-state index is 12.3. The minimum atomic E-state index is 0.149. The van der Waals surface area contributed by atoms with Crippen LogP contribution in [0.4, 0.5) is 0 Å². The molecule has 3 heterocycles. The number of furan rings is 1. The number of carbonyl (C=O) groups is 1. The second kappa shape index (κ2) is 7.79. The van der Waals surface area contributed by atoms with Crippen LogP contribution in [-0.4, -0.2) is 43.2 Å². The Morgan fingerprint density at radius 3 is 2.82 bits per heavy atom. The summed E-state index contributed by atoms with van der Waals surface area (Å²) in [4.78, 5) is 14.6. The SMILES string of the molecule is O=C(NCC1CCCCO1)C1CCN(Cc2ccco2)CC1. The first-order valence-corrected chi connectivity index (χ1v) is 8.45. The van der Waals surface area contributed by atoms with Crippen LogP contribution in [0.3, 0.4) is 0 Å². The molecule has 1 amide bonds. The van der Waals surface area contributed by atoms with Gasteiger partial charge in [0.25, 0.3) is 0 Å². The number of nitrogens with one attached hydrogen (secondary N) is 1. The van der Waals surface area contributed by atoms with Gasteiger partial charge in [-0.3, -0.25) is 9.69 Å². The highest BCUT2D eigenvalue weighted by Gasteiger charge is 2.26. The van der Waals surface area contributed by atoms with E-state index in [-0.39, 0.29) is 17.9 Å². The maximum atomic E-state index is 12.3. The van der Waals surface area contributed by atoms with E-state index in [9.17, 15) is 4.79 Å². The minimum absolute atomic E-state index is 0.149. The van der Waals surface area contributed by atoms with Crippen molar-refractivity contribution in [2.75, 3.05) is 26.2 Å². The van der Waals surface area contributed by atoms with Gasteiger partial charge in [0, 0.05) is 19.1 Å². The summed E-state index contributed by atoms with van der Waals surface area (Å²) in [5.41, 5.74) is 0. The lowest BCUT2D eigenvalue weighted by molar-refractivity contribution is -0.127. The van der Waals surface area contributed by atoms with Crippen LogP contribution in [0.2, 0.25) is 0 Å². The zero-order chi connectivity index (χ0) is 15.2. The van der Waals surface area contributed by atoms with E-state index >= 15 is 0 Å². The molecule has 0 spiro atoms. The van der Waals surface area contributed by atoms with Gasteiger partial charge >= 0.3 is 0 Å². The number of hydrogen-bond donors (Lipinski definition) is 1. The van der Waals surface area contributed by atoms with Crippen molar-refractivity contribution < 1.29 is 13.9 Å². The van der Waals surface area contributed by atoms with Crippen LogP contribution < -0.4 is 5.32 Å². The van der Waals surface area contributed by atoms with E-state index in [1.54, 1.807) is 6.26 Å². The Morgan fingerprint density at radius 1 is 1.27 bits per heavy atom. The molecule has 0 aliphatic carbocycles. The monoisotopic (exact) mass is 306 g/mol. The number of hydrogen-bond acceptors (Lipinski definition) is 4. The molecule has 22 heavy (non-hydrogen) atoms. The summed E-state index contributed by atoms with van der Waals surface area (Å²) < 4.78 is 11.0. The van der Waals surface area contributed by atoms with E-state index in [0.717, 1.165) is 57.7 Å². The molecule has 3 rings (SSSR count). The third-order valence-corrected chi connectivity index (χ3v) is 4.70. The normalized spacial score (nSPS) is 24.3. The average Bonchev–Trinajstić information content (AvgIpc) is 3.07. The summed E-state index contributed by atoms with van der Waals surface area (Å²) >= 11 is 0. The summed E-state index contributed by atoms with van der Waals surface area (Å²) in [6, 6.07) is 3.92. The molecule has 1 N–H and O–H groups in total. The number of likely N-dealkylation sites (tertiary alicyclic amines) is 1. The van der Waals surface area contributed by atoms with Crippen molar-refractivity contribution in [2.45, 2.75) is 44.8 Å². The van der Waals surface area contributed by atoms with E-state index in [1.165, 1.54) is 6.42 Å². The van der Waals surface area contributed by atoms with Gasteiger partial charge in [-0.1, -0.05) is 0 Å².